The minimum atomic E-state index is -0.0431. The van der Waals surface area contributed by atoms with Gasteiger partial charge in [0.2, 0.25) is 0 Å². The Kier molecular flexibility index (Phi) is 3.20. The second-order valence-electron chi connectivity index (χ2n) is 5.80. The van der Waals surface area contributed by atoms with Crippen molar-refractivity contribution in [2.45, 2.75) is 52.1 Å². The zero-order valence-electron chi connectivity index (χ0n) is 10.1. The summed E-state index contributed by atoms with van der Waals surface area (Å²) in [6, 6.07) is 0. The van der Waals surface area contributed by atoms with Crippen molar-refractivity contribution >= 4 is 0 Å². The van der Waals surface area contributed by atoms with Gasteiger partial charge < -0.3 is 5.11 Å². The zero-order valence-corrected chi connectivity index (χ0v) is 10.1. The van der Waals surface area contributed by atoms with E-state index < -0.39 is 0 Å². The highest BCUT2D eigenvalue weighted by atomic mass is 16.3. The highest BCUT2D eigenvalue weighted by Gasteiger charge is 2.40. The van der Waals surface area contributed by atoms with E-state index in [0.717, 1.165) is 30.6 Å². The van der Waals surface area contributed by atoms with Crippen LogP contribution in [0, 0.1) is 23.7 Å². The lowest BCUT2D eigenvalue weighted by Crippen LogP contribution is -2.40. The topological polar surface area (TPSA) is 20.2 Å². The molecule has 0 aromatic carbocycles. The fraction of sp³-hybridized carbons (Fsp3) is 0.857. The molecule has 0 radical (unpaired) electrons. The van der Waals surface area contributed by atoms with Gasteiger partial charge in [0, 0.05) is 0 Å². The second kappa shape index (κ2) is 4.29. The Labute approximate surface area is 93.6 Å². The molecule has 1 N–H and O–H groups in total. The quantitative estimate of drug-likeness (QED) is 0.655. The fourth-order valence-corrected chi connectivity index (χ4v) is 3.86. The third-order valence-corrected chi connectivity index (χ3v) is 4.74. The smallest absolute Gasteiger partial charge is 0.0543 e. The van der Waals surface area contributed by atoms with Gasteiger partial charge in [-0.3, -0.25) is 0 Å². The Morgan fingerprint density at radius 2 is 1.87 bits per heavy atom. The van der Waals surface area contributed by atoms with Crippen molar-refractivity contribution in [3.05, 3.63) is 12.2 Å². The van der Waals surface area contributed by atoms with Gasteiger partial charge in [-0.15, -0.1) is 0 Å². The molecule has 0 bridgehead atoms. The Morgan fingerprint density at radius 3 is 2.53 bits per heavy atom. The van der Waals surface area contributed by atoms with Crippen molar-refractivity contribution in [2.24, 2.45) is 23.7 Å². The van der Waals surface area contributed by atoms with Gasteiger partial charge in [-0.05, 0) is 62.7 Å². The van der Waals surface area contributed by atoms with Crippen molar-refractivity contribution < 1.29 is 5.11 Å². The summed E-state index contributed by atoms with van der Waals surface area (Å²) in [4.78, 5) is 0. The van der Waals surface area contributed by atoms with E-state index in [0.29, 0.717) is 5.92 Å². The Hall–Kier alpha value is -0.300. The van der Waals surface area contributed by atoms with Crippen molar-refractivity contribution in [3.8, 4) is 0 Å². The number of hydrogen-bond acceptors (Lipinski definition) is 1. The first kappa shape index (κ1) is 11.2. The molecular weight excluding hydrogens is 184 g/mol. The van der Waals surface area contributed by atoms with E-state index in [1.807, 2.05) is 0 Å². The van der Waals surface area contributed by atoms with Crippen LogP contribution in [0.25, 0.3) is 0 Å². The molecule has 0 saturated heterocycles. The molecule has 1 heteroatoms. The van der Waals surface area contributed by atoms with Gasteiger partial charge in [0.25, 0.3) is 0 Å². The molecular formula is C14H24O. The summed E-state index contributed by atoms with van der Waals surface area (Å²) in [5.41, 5.74) is 1.34. The van der Waals surface area contributed by atoms with Gasteiger partial charge in [-0.1, -0.05) is 19.1 Å². The Morgan fingerprint density at radius 1 is 1.13 bits per heavy atom. The minimum Gasteiger partial charge on any atom is -0.393 e. The fourth-order valence-electron chi connectivity index (χ4n) is 3.86. The molecule has 0 aromatic rings. The maximum atomic E-state index is 9.80. The van der Waals surface area contributed by atoms with E-state index in [1.165, 1.54) is 24.8 Å². The average molecular weight is 208 g/mol. The van der Waals surface area contributed by atoms with Crippen molar-refractivity contribution in [2.75, 3.05) is 0 Å². The van der Waals surface area contributed by atoms with Crippen LogP contribution in [0.2, 0.25) is 0 Å². The summed E-state index contributed by atoms with van der Waals surface area (Å²) in [6.45, 7) is 8.70. The van der Waals surface area contributed by atoms with Crippen LogP contribution in [0.3, 0.4) is 0 Å². The molecule has 86 valence electrons. The molecule has 0 spiro atoms. The van der Waals surface area contributed by atoms with Crippen LogP contribution in [0.4, 0.5) is 0 Å². The molecule has 2 fully saturated rings. The lowest BCUT2D eigenvalue weighted by molar-refractivity contribution is 0.00399. The molecule has 15 heavy (non-hydrogen) atoms. The molecule has 1 nitrogen and oxygen atoms in total. The molecule has 0 aromatic heterocycles. The lowest BCUT2D eigenvalue weighted by atomic mass is 9.60. The SMILES string of the molecule is C=C(C)[C@@H]1CC[C@@H](C)[C@@H]2CC[C@@H](O)C[C@H]21. The zero-order chi connectivity index (χ0) is 11.0. The van der Waals surface area contributed by atoms with Crippen LogP contribution >= 0.6 is 0 Å². The monoisotopic (exact) mass is 208 g/mol. The van der Waals surface area contributed by atoms with Crippen molar-refractivity contribution in [3.63, 3.8) is 0 Å². The third-order valence-electron chi connectivity index (χ3n) is 4.74. The summed E-state index contributed by atoms with van der Waals surface area (Å²) in [5, 5.41) is 9.80. The van der Waals surface area contributed by atoms with Gasteiger partial charge in [-0.2, -0.15) is 0 Å². The molecule has 0 unspecified atom stereocenters. The summed E-state index contributed by atoms with van der Waals surface area (Å²) in [5.74, 6) is 3.11. The lowest BCUT2D eigenvalue weighted by Gasteiger charge is -2.46. The van der Waals surface area contributed by atoms with Gasteiger partial charge in [0.05, 0.1) is 6.10 Å². The molecule has 0 aliphatic heterocycles. The summed E-state index contributed by atoms with van der Waals surface area (Å²) >= 11 is 0. The van der Waals surface area contributed by atoms with Crippen LogP contribution in [0.1, 0.15) is 46.0 Å². The predicted octanol–water partition coefficient (Wildman–Crippen LogP) is 3.39. The Bertz CT molecular complexity index is 246. The normalized spacial score (nSPS) is 45.9. The highest BCUT2D eigenvalue weighted by Crippen LogP contribution is 2.48. The van der Waals surface area contributed by atoms with Crippen molar-refractivity contribution in [1.29, 1.82) is 0 Å². The van der Waals surface area contributed by atoms with Crippen LogP contribution < -0.4 is 0 Å². The van der Waals surface area contributed by atoms with E-state index >= 15 is 0 Å². The molecule has 2 aliphatic rings. The van der Waals surface area contributed by atoms with Crippen LogP contribution in [0.15, 0.2) is 12.2 Å². The Balaban J connectivity index is 2.14. The van der Waals surface area contributed by atoms with Crippen molar-refractivity contribution in [1.82, 2.24) is 0 Å². The predicted molar refractivity (Wildman–Crippen MR) is 63.5 cm³/mol. The maximum absolute atomic E-state index is 9.80. The summed E-state index contributed by atoms with van der Waals surface area (Å²) < 4.78 is 0. The van der Waals surface area contributed by atoms with E-state index in [2.05, 4.69) is 20.4 Å². The first-order valence-electron chi connectivity index (χ1n) is 6.43. The number of aliphatic hydroxyl groups is 1. The van der Waals surface area contributed by atoms with Crippen LogP contribution in [-0.4, -0.2) is 11.2 Å². The maximum Gasteiger partial charge on any atom is 0.0543 e. The first-order valence-corrected chi connectivity index (χ1v) is 6.43. The first-order chi connectivity index (χ1) is 7.09. The number of allylic oxidation sites excluding steroid dienone is 1. The molecule has 2 aliphatic carbocycles. The molecule has 2 rings (SSSR count). The summed E-state index contributed by atoms with van der Waals surface area (Å²) in [6.07, 6.45) is 5.88. The minimum absolute atomic E-state index is 0.0431. The van der Waals surface area contributed by atoms with Gasteiger partial charge in [-0.25, -0.2) is 0 Å². The highest BCUT2D eigenvalue weighted by molar-refractivity contribution is 5.04. The van der Waals surface area contributed by atoms with Gasteiger partial charge in [0.1, 0.15) is 0 Å². The number of fused-ring (bicyclic) bond motifs is 1. The number of aliphatic hydroxyl groups excluding tert-OH is 1. The van der Waals surface area contributed by atoms with E-state index in [4.69, 9.17) is 0 Å². The molecule has 0 heterocycles. The third kappa shape index (κ3) is 2.13. The standard InChI is InChI=1S/C14H24O/c1-9(2)12-6-4-10(3)13-7-5-11(15)8-14(12)13/h10-15H,1,4-8H2,2-3H3/t10-,11-,12+,13+,14+/m1/s1. The number of rotatable bonds is 1. The van der Waals surface area contributed by atoms with E-state index in [9.17, 15) is 5.11 Å². The van der Waals surface area contributed by atoms with Crippen LogP contribution in [-0.2, 0) is 0 Å². The van der Waals surface area contributed by atoms with E-state index in [-0.39, 0.29) is 6.10 Å². The van der Waals surface area contributed by atoms with Crippen LogP contribution in [0.5, 0.6) is 0 Å². The van der Waals surface area contributed by atoms with Gasteiger partial charge in [0.15, 0.2) is 0 Å². The second-order valence-corrected chi connectivity index (χ2v) is 5.80. The van der Waals surface area contributed by atoms with E-state index in [1.54, 1.807) is 0 Å². The number of hydrogen-bond donors (Lipinski definition) is 1. The van der Waals surface area contributed by atoms with Gasteiger partial charge >= 0.3 is 0 Å². The molecule has 2 saturated carbocycles. The largest absolute Gasteiger partial charge is 0.393 e. The summed E-state index contributed by atoms with van der Waals surface area (Å²) in [7, 11) is 0. The average Bonchev–Trinajstić information content (AvgIpc) is 2.17. The molecule has 0 amide bonds. The molecule has 5 atom stereocenters.